The van der Waals surface area contributed by atoms with Crippen LogP contribution in [0.1, 0.15) is 48.5 Å². The Hall–Kier alpha value is 0.0569. The van der Waals surface area contributed by atoms with Gasteiger partial charge in [-0.25, -0.2) is 0 Å². The standard InChI is InChI=1S/C13H31NO3Si/c1-8-15-18(10-14,16-9-2)17-13(7,11(3)4)12(5)6/h11-12H,8-10,14H2,1-7H3. The van der Waals surface area contributed by atoms with E-state index >= 15 is 0 Å². The smallest absolute Gasteiger partial charge is 0.373 e. The maximum Gasteiger partial charge on any atom is 0.515 e. The lowest BCUT2D eigenvalue weighted by atomic mass is 9.82. The van der Waals surface area contributed by atoms with Crippen LogP contribution < -0.4 is 5.73 Å². The van der Waals surface area contributed by atoms with Gasteiger partial charge in [0.25, 0.3) is 0 Å². The van der Waals surface area contributed by atoms with Gasteiger partial charge in [-0.1, -0.05) is 27.7 Å². The summed E-state index contributed by atoms with van der Waals surface area (Å²) in [5.74, 6) is 0.744. The van der Waals surface area contributed by atoms with Gasteiger partial charge in [-0.3, -0.25) is 0 Å². The van der Waals surface area contributed by atoms with E-state index in [1.54, 1.807) is 0 Å². The van der Waals surface area contributed by atoms with Gasteiger partial charge in [-0.05, 0) is 32.6 Å². The Balaban J connectivity index is 5.13. The van der Waals surface area contributed by atoms with Crippen molar-refractivity contribution in [3.8, 4) is 0 Å². The van der Waals surface area contributed by atoms with Gasteiger partial charge in [-0.2, -0.15) is 0 Å². The lowest BCUT2D eigenvalue weighted by molar-refractivity contribution is -0.0720. The summed E-state index contributed by atoms with van der Waals surface area (Å²) in [7, 11) is -2.75. The Morgan fingerprint density at radius 2 is 1.39 bits per heavy atom. The molecule has 0 radical (unpaired) electrons. The molecule has 0 aromatic heterocycles. The predicted molar refractivity (Wildman–Crippen MR) is 77.2 cm³/mol. The normalized spacial score (nSPS) is 13.7. The second-order valence-corrected chi connectivity index (χ2v) is 7.90. The van der Waals surface area contributed by atoms with Crippen molar-refractivity contribution in [3.05, 3.63) is 0 Å². The fourth-order valence-electron chi connectivity index (χ4n) is 1.94. The maximum atomic E-state index is 6.35. The quantitative estimate of drug-likeness (QED) is 0.658. The predicted octanol–water partition coefficient (Wildman–Crippen LogP) is 2.58. The van der Waals surface area contributed by atoms with E-state index in [1.165, 1.54) is 0 Å². The largest absolute Gasteiger partial charge is 0.515 e. The molecule has 0 aliphatic heterocycles. The average molecular weight is 277 g/mol. The van der Waals surface area contributed by atoms with Crippen LogP contribution in [0.2, 0.25) is 0 Å². The first-order chi connectivity index (χ1) is 8.28. The minimum Gasteiger partial charge on any atom is -0.373 e. The van der Waals surface area contributed by atoms with Crippen molar-refractivity contribution < 1.29 is 13.3 Å². The molecule has 0 aliphatic rings. The molecule has 0 heterocycles. The van der Waals surface area contributed by atoms with Crippen LogP contribution in [0.5, 0.6) is 0 Å². The molecular formula is C13H31NO3Si. The summed E-state index contributed by atoms with van der Waals surface area (Å²) in [6.45, 7) is 15.8. The van der Waals surface area contributed by atoms with E-state index in [9.17, 15) is 0 Å². The molecule has 0 aromatic carbocycles. The summed E-state index contributed by atoms with van der Waals surface area (Å²) < 4.78 is 17.9. The van der Waals surface area contributed by atoms with Crippen molar-refractivity contribution in [3.63, 3.8) is 0 Å². The Kier molecular flexibility index (Phi) is 7.62. The van der Waals surface area contributed by atoms with Crippen LogP contribution in [-0.2, 0) is 13.3 Å². The third kappa shape index (κ3) is 4.31. The highest BCUT2D eigenvalue weighted by Crippen LogP contribution is 2.33. The highest BCUT2D eigenvalue weighted by atomic mass is 28.4. The van der Waals surface area contributed by atoms with Crippen molar-refractivity contribution in [2.45, 2.75) is 54.1 Å². The van der Waals surface area contributed by atoms with Crippen molar-refractivity contribution >= 4 is 8.80 Å². The molecule has 5 heteroatoms. The van der Waals surface area contributed by atoms with Crippen molar-refractivity contribution in [1.29, 1.82) is 0 Å². The first-order valence-electron chi connectivity index (χ1n) is 6.96. The summed E-state index contributed by atoms with van der Waals surface area (Å²) in [6, 6.07) is 0. The number of nitrogens with two attached hydrogens (primary N) is 1. The van der Waals surface area contributed by atoms with Crippen molar-refractivity contribution in [2.24, 2.45) is 17.6 Å². The van der Waals surface area contributed by atoms with Crippen LogP contribution in [0.25, 0.3) is 0 Å². The number of hydrogen-bond acceptors (Lipinski definition) is 4. The second kappa shape index (κ2) is 7.60. The van der Waals surface area contributed by atoms with Crippen LogP contribution in [0.4, 0.5) is 0 Å². The molecule has 0 rings (SSSR count). The van der Waals surface area contributed by atoms with Crippen LogP contribution in [0, 0.1) is 11.8 Å². The lowest BCUT2D eigenvalue weighted by Gasteiger charge is -2.44. The van der Waals surface area contributed by atoms with Gasteiger partial charge in [0, 0.05) is 13.2 Å². The Bertz CT molecular complexity index is 220. The van der Waals surface area contributed by atoms with Crippen molar-refractivity contribution in [2.75, 3.05) is 19.4 Å². The SMILES string of the molecule is CCO[Si](CN)(OCC)OC(C)(C(C)C)C(C)C. The molecule has 0 aliphatic carbocycles. The molecule has 0 unspecified atom stereocenters. The van der Waals surface area contributed by atoms with Gasteiger partial charge >= 0.3 is 8.80 Å². The van der Waals surface area contributed by atoms with E-state index in [0.717, 1.165) is 0 Å². The molecule has 0 saturated carbocycles. The molecule has 0 saturated heterocycles. The van der Waals surface area contributed by atoms with Crippen LogP contribution in [0.15, 0.2) is 0 Å². The van der Waals surface area contributed by atoms with E-state index in [-0.39, 0.29) is 5.60 Å². The molecule has 0 bridgehead atoms. The lowest BCUT2D eigenvalue weighted by Crippen LogP contribution is -2.60. The van der Waals surface area contributed by atoms with Crippen LogP contribution in [-0.4, -0.2) is 33.8 Å². The minimum atomic E-state index is -2.75. The first kappa shape index (κ1) is 18.1. The molecule has 0 aromatic rings. The Morgan fingerprint density at radius 1 is 1.00 bits per heavy atom. The summed E-state index contributed by atoms with van der Waals surface area (Å²) in [5, 5.41) is 0. The third-order valence-corrected chi connectivity index (χ3v) is 6.35. The van der Waals surface area contributed by atoms with Gasteiger partial charge in [-0.15, -0.1) is 0 Å². The van der Waals surface area contributed by atoms with E-state index in [2.05, 4.69) is 34.6 Å². The molecular weight excluding hydrogens is 246 g/mol. The zero-order chi connectivity index (χ0) is 14.4. The van der Waals surface area contributed by atoms with Crippen molar-refractivity contribution in [1.82, 2.24) is 0 Å². The first-order valence-corrected chi connectivity index (χ1v) is 8.89. The second-order valence-electron chi connectivity index (χ2n) is 5.35. The molecule has 110 valence electrons. The van der Waals surface area contributed by atoms with E-state index in [4.69, 9.17) is 19.0 Å². The topological polar surface area (TPSA) is 53.7 Å². The van der Waals surface area contributed by atoms with Gasteiger partial charge in [0.2, 0.25) is 0 Å². The minimum absolute atomic E-state index is 0.282. The monoisotopic (exact) mass is 277 g/mol. The average Bonchev–Trinajstić information content (AvgIpc) is 2.28. The molecule has 2 N–H and O–H groups in total. The summed E-state index contributed by atoms with van der Waals surface area (Å²) in [5.41, 5.74) is 5.59. The fraction of sp³-hybridized carbons (Fsp3) is 1.00. The van der Waals surface area contributed by atoms with Crippen LogP contribution >= 0.6 is 0 Å². The summed E-state index contributed by atoms with van der Waals surface area (Å²) >= 11 is 0. The van der Waals surface area contributed by atoms with E-state index in [0.29, 0.717) is 31.2 Å². The molecule has 0 spiro atoms. The summed E-state index contributed by atoms with van der Waals surface area (Å²) in [4.78, 5) is 0. The molecule has 0 atom stereocenters. The van der Waals surface area contributed by atoms with Crippen LogP contribution in [0.3, 0.4) is 0 Å². The highest BCUT2D eigenvalue weighted by molar-refractivity contribution is 6.61. The molecule has 4 nitrogen and oxygen atoms in total. The van der Waals surface area contributed by atoms with Gasteiger partial charge in [0.1, 0.15) is 0 Å². The number of hydrogen-bond donors (Lipinski definition) is 1. The zero-order valence-corrected chi connectivity index (χ0v) is 14.1. The van der Waals surface area contributed by atoms with E-state index in [1.807, 2.05) is 13.8 Å². The molecule has 0 amide bonds. The zero-order valence-electron chi connectivity index (χ0n) is 13.1. The van der Waals surface area contributed by atoms with Gasteiger partial charge < -0.3 is 19.0 Å². The Morgan fingerprint density at radius 3 is 1.61 bits per heavy atom. The molecule has 0 fully saturated rings. The maximum absolute atomic E-state index is 6.35. The highest BCUT2D eigenvalue weighted by Gasteiger charge is 2.48. The van der Waals surface area contributed by atoms with E-state index < -0.39 is 8.80 Å². The fourth-order valence-corrected chi connectivity index (χ4v) is 4.48. The van der Waals surface area contributed by atoms with Gasteiger partial charge in [0.15, 0.2) is 0 Å². The summed E-state index contributed by atoms with van der Waals surface area (Å²) in [6.07, 6.45) is 0.323. The van der Waals surface area contributed by atoms with Gasteiger partial charge in [0.05, 0.1) is 11.8 Å². The third-order valence-electron chi connectivity index (χ3n) is 3.65. The Labute approximate surface area is 114 Å². The molecule has 18 heavy (non-hydrogen) atoms. The number of rotatable bonds is 9.